The lowest BCUT2D eigenvalue weighted by atomic mass is 10.0. The van der Waals surface area contributed by atoms with Crippen LogP contribution in [0.4, 0.5) is 0 Å². The predicted octanol–water partition coefficient (Wildman–Crippen LogP) is 3.12. The summed E-state index contributed by atoms with van der Waals surface area (Å²) in [5.74, 6) is 0.0305. The van der Waals surface area contributed by atoms with Crippen LogP contribution in [0.15, 0.2) is 9.85 Å². The van der Waals surface area contributed by atoms with Crippen LogP contribution in [0, 0.1) is 6.92 Å². The molecule has 1 N–H and O–H groups in total. The molecule has 94 valence electrons. The number of thiophene rings is 1. The molecule has 1 aromatic rings. The van der Waals surface area contributed by atoms with Crippen molar-refractivity contribution in [3.8, 4) is 0 Å². The average Bonchev–Trinajstić information content (AvgIpc) is 2.59. The number of carbonyl (C=O) groups is 1. The number of halogens is 1. The molecule has 1 aliphatic rings. The highest BCUT2D eigenvalue weighted by atomic mass is 79.9. The highest BCUT2D eigenvalue weighted by Gasteiger charge is 2.22. The van der Waals surface area contributed by atoms with Gasteiger partial charge in [0.25, 0.3) is 5.91 Å². The molecule has 2 rings (SSSR count). The molecule has 1 fully saturated rings. The summed E-state index contributed by atoms with van der Waals surface area (Å²) in [7, 11) is 0. The minimum atomic E-state index is 0.0305. The van der Waals surface area contributed by atoms with Crippen molar-refractivity contribution in [3.63, 3.8) is 0 Å². The number of hydrogen-bond donors (Lipinski definition) is 1. The van der Waals surface area contributed by atoms with Crippen LogP contribution in [-0.4, -0.2) is 24.7 Å². The van der Waals surface area contributed by atoms with Gasteiger partial charge in [-0.2, -0.15) is 0 Å². The zero-order valence-electron chi connectivity index (χ0n) is 9.96. The van der Waals surface area contributed by atoms with Crippen LogP contribution in [-0.2, 0) is 4.74 Å². The van der Waals surface area contributed by atoms with Crippen molar-refractivity contribution in [2.24, 2.45) is 0 Å². The van der Waals surface area contributed by atoms with Gasteiger partial charge in [0.15, 0.2) is 0 Å². The van der Waals surface area contributed by atoms with Crippen molar-refractivity contribution < 1.29 is 9.53 Å². The molecule has 5 heteroatoms. The van der Waals surface area contributed by atoms with Crippen molar-refractivity contribution in [1.29, 1.82) is 0 Å². The quantitative estimate of drug-likeness (QED) is 0.910. The Labute approximate surface area is 114 Å². The Balaban J connectivity index is 1.96. The molecule has 1 aliphatic heterocycles. The van der Waals surface area contributed by atoms with Crippen LogP contribution in [0.5, 0.6) is 0 Å². The Bertz CT molecular complexity index is 399. The Kier molecular flexibility index (Phi) is 4.22. The summed E-state index contributed by atoms with van der Waals surface area (Å²) < 4.78 is 6.49. The molecule has 0 bridgehead atoms. The molecule has 1 aromatic heterocycles. The molecule has 0 saturated carbocycles. The highest BCUT2D eigenvalue weighted by Crippen LogP contribution is 2.27. The summed E-state index contributed by atoms with van der Waals surface area (Å²) >= 11 is 4.92. The van der Waals surface area contributed by atoms with Crippen LogP contribution < -0.4 is 5.32 Å². The second-order valence-corrected chi connectivity index (χ2v) is 6.81. The van der Waals surface area contributed by atoms with E-state index in [4.69, 9.17) is 4.74 Å². The molecule has 0 aromatic carbocycles. The van der Waals surface area contributed by atoms with Gasteiger partial charge in [0.2, 0.25) is 0 Å². The minimum absolute atomic E-state index is 0.0305. The van der Waals surface area contributed by atoms with Gasteiger partial charge < -0.3 is 10.1 Å². The van der Waals surface area contributed by atoms with Crippen molar-refractivity contribution >= 4 is 33.2 Å². The Hall–Kier alpha value is -0.390. The topological polar surface area (TPSA) is 38.3 Å². The van der Waals surface area contributed by atoms with Gasteiger partial charge in [0.1, 0.15) is 0 Å². The summed E-state index contributed by atoms with van der Waals surface area (Å²) in [5, 5.41) is 3.08. The Morgan fingerprint density at radius 1 is 1.65 bits per heavy atom. The Morgan fingerprint density at radius 2 is 2.41 bits per heavy atom. The van der Waals surface area contributed by atoms with E-state index in [-0.39, 0.29) is 18.1 Å². The number of nitrogens with one attached hydrogen (secondary N) is 1. The van der Waals surface area contributed by atoms with E-state index >= 15 is 0 Å². The summed E-state index contributed by atoms with van der Waals surface area (Å²) in [6, 6.07) is 2.17. The van der Waals surface area contributed by atoms with Crippen molar-refractivity contribution in [3.05, 3.63) is 20.3 Å². The van der Waals surface area contributed by atoms with Crippen LogP contribution in [0.2, 0.25) is 0 Å². The van der Waals surface area contributed by atoms with Gasteiger partial charge in [-0.1, -0.05) is 0 Å². The number of aryl methyl sites for hydroxylation is 1. The van der Waals surface area contributed by atoms with E-state index in [9.17, 15) is 4.79 Å². The van der Waals surface area contributed by atoms with Gasteiger partial charge in [-0.3, -0.25) is 4.79 Å². The number of rotatable bonds is 2. The van der Waals surface area contributed by atoms with Gasteiger partial charge in [0, 0.05) is 12.6 Å². The maximum atomic E-state index is 12.0. The Morgan fingerprint density at radius 3 is 3.00 bits per heavy atom. The molecule has 2 unspecified atom stereocenters. The third-order valence-corrected chi connectivity index (χ3v) is 5.04. The van der Waals surface area contributed by atoms with E-state index in [1.807, 2.05) is 19.9 Å². The average molecular weight is 318 g/mol. The maximum Gasteiger partial charge on any atom is 0.261 e. The van der Waals surface area contributed by atoms with Gasteiger partial charge in [-0.05, 0) is 54.2 Å². The van der Waals surface area contributed by atoms with E-state index in [1.165, 1.54) is 11.3 Å². The first-order chi connectivity index (χ1) is 8.06. The fraction of sp³-hybridized carbons (Fsp3) is 0.583. The summed E-state index contributed by atoms with van der Waals surface area (Å²) in [6.45, 7) is 4.78. The van der Waals surface area contributed by atoms with Crippen LogP contribution in [0.3, 0.4) is 0 Å². The van der Waals surface area contributed by atoms with Gasteiger partial charge >= 0.3 is 0 Å². The first kappa shape index (κ1) is 13.1. The van der Waals surface area contributed by atoms with Crippen molar-refractivity contribution in [1.82, 2.24) is 5.32 Å². The number of hydrogen-bond acceptors (Lipinski definition) is 3. The lowest BCUT2D eigenvalue weighted by molar-refractivity contribution is 0.0137. The monoisotopic (exact) mass is 317 g/mol. The second-order valence-electron chi connectivity index (χ2n) is 4.44. The first-order valence-corrected chi connectivity index (χ1v) is 7.35. The number of ether oxygens (including phenoxy) is 1. The third-order valence-electron chi connectivity index (χ3n) is 2.90. The predicted molar refractivity (Wildman–Crippen MR) is 72.7 cm³/mol. The normalized spacial score (nSPS) is 24.6. The highest BCUT2D eigenvalue weighted by molar-refractivity contribution is 9.11. The first-order valence-electron chi connectivity index (χ1n) is 5.74. The van der Waals surface area contributed by atoms with Crippen molar-refractivity contribution in [2.45, 2.75) is 38.8 Å². The van der Waals surface area contributed by atoms with E-state index in [1.54, 1.807) is 0 Å². The molecule has 0 aliphatic carbocycles. The maximum absolute atomic E-state index is 12.0. The molecular formula is C12H16BrNO2S. The molecule has 0 radical (unpaired) electrons. The van der Waals surface area contributed by atoms with E-state index < -0.39 is 0 Å². The SMILES string of the molecule is Cc1cc(C(=O)NC2CCOC(C)C2)sc1Br. The zero-order valence-corrected chi connectivity index (χ0v) is 12.4. The lowest BCUT2D eigenvalue weighted by Gasteiger charge is -2.27. The second kappa shape index (κ2) is 5.50. The summed E-state index contributed by atoms with van der Waals surface area (Å²) in [6.07, 6.45) is 2.05. The minimum Gasteiger partial charge on any atom is -0.378 e. The van der Waals surface area contributed by atoms with E-state index in [0.717, 1.165) is 33.7 Å². The third kappa shape index (κ3) is 3.30. The zero-order chi connectivity index (χ0) is 12.4. The fourth-order valence-electron chi connectivity index (χ4n) is 1.96. The van der Waals surface area contributed by atoms with Gasteiger partial charge in [-0.25, -0.2) is 0 Å². The van der Waals surface area contributed by atoms with E-state index in [2.05, 4.69) is 21.2 Å². The number of carbonyl (C=O) groups excluding carboxylic acids is 1. The molecule has 1 amide bonds. The van der Waals surface area contributed by atoms with Gasteiger partial charge in [0.05, 0.1) is 14.8 Å². The molecule has 17 heavy (non-hydrogen) atoms. The number of amides is 1. The fourth-order valence-corrected chi connectivity index (χ4v) is 3.40. The van der Waals surface area contributed by atoms with Crippen molar-refractivity contribution in [2.75, 3.05) is 6.61 Å². The van der Waals surface area contributed by atoms with Crippen LogP contribution >= 0.6 is 27.3 Å². The summed E-state index contributed by atoms with van der Waals surface area (Å²) in [5.41, 5.74) is 1.11. The molecule has 2 atom stereocenters. The lowest BCUT2D eigenvalue weighted by Crippen LogP contribution is -2.41. The standard InChI is InChI=1S/C12H16BrNO2S/c1-7-5-10(17-11(7)13)12(15)14-9-3-4-16-8(2)6-9/h5,8-9H,3-4,6H2,1-2H3,(H,14,15). The molecular weight excluding hydrogens is 302 g/mol. The van der Waals surface area contributed by atoms with Crippen LogP contribution in [0.1, 0.15) is 35.0 Å². The van der Waals surface area contributed by atoms with E-state index in [0.29, 0.717) is 0 Å². The molecule has 3 nitrogen and oxygen atoms in total. The van der Waals surface area contributed by atoms with Gasteiger partial charge in [-0.15, -0.1) is 11.3 Å². The molecule has 1 saturated heterocycles. The molecule has 2 heterocycles. The summed E-state index contributed by atoms with van der Waals surface area (Å²) in [4.78, 5) is 12.8. The largest absolute Gasteiger partial charge is 0.378 e. The molecule has 0 spiro atoms. The smallest absolute Gasteiger partial charge is 0.261 e. The van der Waals surface area contributed by atoms with Crippen LogP contribution in [0.25, 0.3) is 0 Å².